The van der Waals surface area contributed by atoms with Gasteiger partial charge < -0.3 is 5.11 Å². The van der Waals surface area contributed by atoms with E-state index in [9.17, 15) is 4.39 Å². The summed E-state index contributed by atoms with van der Waals surface area (Å²) in [4.78, 5) is 1.98. The minimum absolute atomic E-state index is 0.126. The summed E-state index contributed by atoms with van der Waals surface area (Å²) >= 11 is 0. The lowest BCUT2D eigenvalue weighted by atomic mass is 10.3. The van der Waals surface area contributed by atoms with Gasteiger partial charge in [0.05, 0.1) is 6.61 Å². The number of rotatable bonds is 2. The molecule has 1 rings (SSSR count). The molecule has 1 aliphatic rings. The summed E-state index contributed by atoms with van der Waals surface area (Å²) in [5.41, 5.74) is 0. The molecule has 1 saturated heterocycles. The van der Waals surface area contributed by atoms with Crippen molar-refractivity contribution in [3.63, 3.8) is 0 Å². The van der Waals surface area contributed by atoms with Gasteiger partial charge in [0.25, 0.3) is 0 Å². The third kappa shape index (κ3) is 1.67. The zero-order valence-corrected chi connectivity index (χ0v) is 6.26. The van der Waals surface area contributed by atoms with E-state index < -0.39 is 6.17 Å². The number of aliphatic hydroxyl groups is 1. The van der Waals surface area contributed by atoms with E-state index in [1.54, 1.807) is 0 Å². The first kappa shape index (κ1) is 7.95. The van der Waals surface area contributed by atoms with Crippen LogP contribution in [-0.4, -0.2) is 41.9 Å². The summed E-state index contributed by atoms with van der Waals surface area (Å²) in [5, 5.41) is 8.72. The van der Waals surface area contributed by atoms with Gasteiger partial charge in [0, 0.05) is 19.1 Å². The van der Waals surface area contributed by atoms with E-state index in [1.165, 1.54) is 0 Å². The number of hydrogen-bond donors (Lipinski definition) is 1. The summed E-state index contributed by atoms with van der Waals surface area (Å²) < 4.78 is 12.5. The second kappa shape index (κ2) is 3.30. The fourth-order valence-electron chi connectivity index (χ4n) is 1.26. The van der Waals surface area contributed by atoms with Crippen molar-refractivity contribution in [3.8, 4) is 0 Å². The van der Waals surface area contributed by atoms with Crippen LogP contribution in [0.2, 0.25) is 0 Å². The van der Waals surface area contributed by atoms with Gasteiger partial charge in [0.15, 0.2) is 0 Å². The molecule has 10 heavy (non-hydrogen) atoms. The van der Waals surface area contributed by atoms with Crippen LogP contribution in [0.4, 0.5) is 4.39 Å². The summed E-state index contributed by atoms with van der Waals surface area (Å²) in [6, 6.07) is 0.126. The van der Waals surface area contributed by atoms with Crippen LogP contribution in [0.1, 0.15) is 13.3 Å². The van der Waals surface area contributed by atoms with Crippen LogP contribution >= 0.6 is 0 Å². The van der Waals surface area contributed by atoms with Gasteiger partial charge >= 0.3 is 0 Å². The quantitative estimate of drug-likeness (QED) is 0.611. The smallest absolute Gasteiger partial charge is 0.114 e. The van der Waals surface area contributed by atoms with Crippen molar-refractivity contribution in [3.05, 3.63) is 0 Å². The Hall–Kier alpha value is -0.150. The molecule has 1 fully saturated rings. The Kier molecular flexibility index (Phi) is 2.63. The zero-order chi connectivity index (χ0) is 7.56. The van der Waals surface area contributed by atoms with Crippen molar-refractivity contribution in [2.45, 2.75) is 25.6 Å². The first-order valence-corrected chi connectivity index (χ1v) is 3.73. The number of halogens is 1. The predicted octanol–water partition coefficient (Wildman–Crippen LogP) is 0.411. The fraction of sp³-hybridized carbons (Fsp3) is 1.00. The highest BCUT2D eigenvalue weighted by atomic mass is 19.1. The molecule has 1 aliphatic heterocycles. The van der Waals surface area contributed by atoms with E-state index >= 15 is 0 Å². The molecule has 1 N–H and O–H groups in total. The second-order valence-electron chi connectivity index (χ2n) is 2.91. The molecule has 0 spiro atoms. The molecule has 0 amide bonds. The molecule has 2 unspecified atom stereocenters. The zero-order valence-electron chi connectivity index (χ0n) is 6.26. The topological polar surface area (TPSA) is 23.5 Å². The van der Waals surface area contributed by atoms with Crippen LogP contribution in [0.3, 0.4) is 0 Å². The van der Waals surface area contributed by atoms with E-state index in [0.717, 1.165) is 6.54 Å². The third-order valence-corrected chi connectivity index (χ3v) is 2.05. The highest BCUT2D eigenvalue weighted by molar-refractivity contribution is 4.78. The first-order chi connectivity index (χ1) is 4.74. The predicted molar refractivity (Wildman–Crippen MR) is 37.6 cm³/mol. The Balaban J connectivity index is 2.29. The Bertz CT molecular complexity index is 110. The number of nitrogens with zero attached hydrogens (tertiary/aromatic N) is 1. The van der Waals surface area contributed by atoms with Crippen LogP contribution in [-0.2, 0) is 0 Å². The van der Waals surface area contributed by atoms with Crippen LogP contribution in [0.15, 0.2) is 0 Å². The van der Waals surface area contributed by atoms with Gasteiger partial charge in [-0.2, -0.15) is 0 Å². The Labute approximate surface area is 60.6 Å². The molecule has 60 valence electrons. The largest absolute Gasteiger partial charge is 0.395 e. The maximum atomic E-state index is 12.5. The normalized spacial score (nSPS) is 30.9. The molecule has 0 radical (unpaired) electrons. The Morgan fingerprint density at radius 2 is 2.50 bits per heavy atom. The number of alkyl halides is 1. The first-order valence-electron chi connectivity index (χ1n) is 3.73. The van der Waals surface area contributed by atoms with Gasteiger partial charge in [-0.1, -0.05) is 0 Å². The van der Waals surface area contributed by atoms with Crippen molar-refractivity contribution in [2.75, 3.05) is 19.7 Å². The monoisotopic (exact) mass is 147 g/mol. The highest BCUT2D eigenvalue weighted by Crippen LogP contribution is 2.14. The van der Waals surface area contributed by atoms with Crippen molar-refractivity contribution >= 4 is 0 Å². The minimum atomic E-state index is -0.672. The Morgan fingerprint density at radius 1 is 1.80 bits per heavy atom. The molecule has 3 heteroatoms. The summed E-state index contributed by atoms with van der Waals surface area (Å²) in [6.07, 6.45) is -0.0429. The molecule has 2 nitrogen and oxygen atoms in total. The van der Waals surface area contributed by atoms with Crippen molar-refractivity contribution < 1.29 is 9.50 Å². The lowest BCUT2D eigenvalue weighted by Gasteiger charge is -2.20. The van der Waals surface area contributed by atoms with Gasteiger partial charge in [-0.25, -0.2) is 4.39 Å². The lowest BCUT2D eigenvalue weighted by molar-refractivity contribution is 0.150. The second-order valence-corrected chi connectivity index (χ2v) is 2.91. The SMILES string of the molecule is CC(CO)N1CCC(F)C1. The van der Waals surface area contributed by atoms with Crippen LogP contribution < -0.4 is 0 Å². The Morgan fingerprint density at radius 3 is 2.90 bits per heavy atom. The molecule has 0 bridgehead atoms. The van der Waals surface area contributed by atoms with E-state index in [2.05, 4.69) is 0 Å². The van der Waals surface area contributed by atoms with Crippen molar-refractivity contribution in [1.29, 1.82) is 0 Å². The standard InChI is InChI=1S/C7H14FNO/c1-6(5-10)9-3-2-7(8)4-9/h6-7,10H,2-5H2,1H3. The fourth-order valence-corrected chi connectivity index (χ4v) is 1.26. The molecule has 0 aromatic rings. The summed E-state index contributed by atoms with van der Waals surface area (Å²) in [5.74, 6) is 0. The number of aliphatic hydroxyl groups excluding tert-OH is 1. The van der Waals surface area contributed by atoms with Crippen LogP contribution in [0.25, 0.3) is 0 Å². The molecular weight excluding hydrogens is 133 g/mol. The van der Waals surface area contributed by atoms with E-state index in [1.807, 2.05) is 11.8 Å². The molecule has 0 aromatic heterocycles. The third-order valence-electron chi connectivity index (χ3n) is 2.05. The maximum Gasteiger partial charge on any atom is 0.114 e. The van der Waals surface area contributed by atoms with Crippen LogP contribution in [0.5, 0.6) is 0 Å². The number of likely N-dealkylation sites (tertiary alicyclic amines) is 1. The van der Waals surface area contributed by atoms with Gasteiger partial charge in [0.2, 0.25) is 0 Å². The van der Waals surface area contributed by atoms with Gasteiger partial charge in [0.1, 0.15) is 6.17 Å². The van der Waals surface area contributed by atoms with E-state index in [0.29, 0.717) is 13.0 Å². The molecule has 1 heterocycles. The molecule has 0 saturated carbocycles. The molecule has 0 aliphatic carbocycles. The average molecular weight is 147 g/mol. The summed E-state index contributed by atoms with van der Waals surface area (Å²) in [7, 11) is 0. The van der Waals surface area contributed by atoms with Crippen LogP contribution in [0, 0.1) is 0 Å². The lowest BCUT2D eigenvalue weighted by Crippen LogP contribution is -2.33. The highest BCUT2D eigenvalue weighted by Gasteiger charge is 2.24. The minimum Gasteiger partial charge on any atom is -0.395 e. The molecule has 2 atom stereocenters. The van der Waals surface area contributed by atoms with Gasteiger partial charge in [-0.15, -0.1) is 0 Å². The molecular formula is C7H14FNO. The van der Waals surface area contributed by atoms with E-state index in [-0.39, 0.29) is 12.6 Å². The van der Waals surface area contributed by atoms with Gasteiger partial charge in [-0.05, 0) is 13.3 Å². The van der Waals surface area contributed by atoms with Crippen molar-refractivity contribution in [1.82, 2.24) is 4.90 Å². The van der Waals surface area contributed by atoms with Crippen molar-refractivity contribution in [2.24, 2.45) is 0 Å². The number of hydrogen-bond acceptors (Lipinski definition) is 2. The maximum absolute atomic E-state index is 12.5. The van der Waals surface area contributed by atoms with Gasteiger partial charge in [-0.3, -0.25) is 4.90 Å². The average Bonchev–Trinajstić information content (AvgIpc) is 2.34. The molecule has 0 aromatic carbocycles. The van der Waals surface area contributed by atoms with E-state index in [4.69, 9.17) is 5.11 Å². The summed E-state index contributed by atoms with van der Waals surface area (Å²) in [6.45, 7) is 3.34.